The molecule has 0 aromatic carbocycles. The average molecular weight is 221 g/mol. The molecule has 16 heavy (non-hydrogen) atoms. The first kappa shape index (κ1) is 11.2. The summed E-state index contributed by atoms with van der Waals surface area (Å²) in [6.45, 7) is 2.94. The second-order valence-electron chi connectivity index (χ2n) is 4.41. The number of nitrogens with zero attached hydrogens (tertiary/aromatic N) is 2. The minimum absolute atomic E-state index is 0.268. The largest absolute Gasteiger partial charge is 0.378 e. The molecule has 2 heterocycles. The molecule has 4 nitrogen and oxygen atoms in total. The molecule has 0 spiro atoms. The molecule has 0 aliphatic carbocycles. The first-order chi connectivity index (χ1) is 7.66. The summed E-state index contributed by atoms with van der Waals surface area (Å²) in [6.07, 6.45) is 3.15. The van der Waals surface area contributed by atoms with Crippen molar-refractivity contribution in [3.63, 3.8) is 0 Å². The van der Waals surface area contributed by atoms with Crippen molar-refractivity contribution < 1.29 is 4.74 Å². The van der Waals surface area contributed by atoms with E-state index in [0.29, 0.717) is 6.04 Å². The highest BCUT2D eigenvalue weighted by atomic mass is 16.5. The minimum atomic E-state index is 0.268. The number of pyridine rings is 1. The lowest BCUT2D eigenvalue weighted by Gasteiger charge is -2.18. The molecule has 2 rings (SSSR count). The highest BCUT2D eigenvalue weighted by Gasteiger charge is 2.24. The van der Waals surface area contributed by atoms with Gasteiger partial charge in [-0.1, -0.05) is 0 Å². The number of anilines is 2. The zero-order chi connectivity index (χ0) is 11.5. The molecule has 1 aromatic rings. The SMILES string of the molecule is CC1OCCC1Nc1cc(N(C)C)ccn1. The van der Waals surface area contributed by atoms with E-state index >= 15 is 0 Å². The number of nitrogens with one attached hydrogen (secondary N) is 1. The number of aromatic nitrogens is 1. The van der Waals surface area contributed by atoms with E-state index in [1.807, 2.05) is 26.4 Å². The van der Waals surface area contributed by atoms with Crippen molar-refractivity contribution in [1.82, 2.24) is 4.98 Å². The van der Waals surface area contributed by atoms with Crippen molar-refractivity contribution in [1.29, 1.82) is 0 Å². The average Bonchev–Trinajstić information content (AvgIpc) is 2.65. The summed E-state index contributed by atoms with van der Waals surface area (Å²) < 4.78 is 5.51. The maximum absolute atomic E-state index is 5.51. The van der Waals surface area contributed by atoms with E-state index in [1.54, 1.807) is 0 Å². The van der Waals surface area contributed by atoms with Crippen molar-refractivity contribution in [3.05, 3.63) is 18.3 Å². The van der Waals surface area contributed by atoms with E-state index in [4.69, 9.17) is 4.74 Å². The fourth-order valence-corrected chi connectivity index (χ4v) is 1.89. The summed E-state index contributed by atoms with van der Waals surface area (Å²) in [4.78, 5) is 6.40. The van der Waals surface area contributed by atoms with Gasteiger partial charge in [0.2, 0.25) is 0 Å². The maximum Gasteiger partial charge on any atom is 0.128 e. The molecule has 2 atom stereocenters. The first-order valence-corrected chi connectivity index (χ1v) is 5.68. The van der Waals surface area contributed by atoms with Gasteiger partial charge in [0.15, 0.2) is 0 Å². The van der Waals surface area contributed by atoms with E-state index in [2.05, 4.69) is 28.2 Å². The smallest absolute Gasteiger partial charge is 0.128 e. The first-order valence-electron chi connectivity index (χ1n) is 5.68. The Balaban J connectivity index is 2.06. The lowest BCUT2D eigenvalue weighted by Crippen LogP contribution is -2.27. The van der Waals surface area contributed by atoms with Crippen molar-refractivity contribution in [3.8, 4) is 0 Å². The van der Waals surface area contributed by atoms with E-state index in [1.165, 1.54) is 0 Å². The monoisotopic (exact) mass is 221 g/mol. The van der Waals surface area contributed by atoms with Gasteiger partial charge < -0.3 is 15.0 Å². The highest BCUT2D eigenvalue weighted by Crippen LogP contribution is 2.20. The topological polar surface area (TPSA) is 37.4 Å². The molecule has 4 heteroatoms. The van der Waals surface area contributed by atoms with Crippen LogP contribution in [0.3, 0.4) is 0 Å². The quantitative estimate of drug-likeness (QED) is 0.843. The second-order valence-corrected chi connectivity index (χ2v) is 4.41. The predicted octanol–water partition coefficient (Wildman–Crippen LogP) is 1.74. The Morgan fingerprint density at radius 2 is 2.31 bits per heavy atom. The van der Waals surface area contributed by atoms with Crippen molar-refractivity contribution in [2.75, 3.05) is 30.9 Å². The van der Waals surface area contributed by atoms with Crippen LogP contribution < -0.4 is 10.2 Å². The van der Waals surface area contributed by atoms with E-state index in [-0.39, 0.29) is 6.10 Å². The van der Waals surface area contributed by atoms with Gasteiger partial charge >= 0.3 is 0 Å². The third-order valence-corrected chi connectivity index (χ3v) is 2.97. The third kappa shape index (κ3) is 2.44. The summed E-state index contributed by atoms with van der Waals surface area (Å²) in [6, 6.07) is 4.44. The Labute approximate surface area is 96.6 Å². The second kappa shape index (κ2) is 4.70. The Morgan fingerprint density at radius 1 is 1.50 bits per heavy atom. The van der Waals surface area contributed by atoms with E-state index in [9.17, 15) is 0 Å². The molecule has 1 aromatic heterocycles. The summed E-state index contributed by atoms with van der Waals surface area (Å²) in [5.41, 5.74) is 1.16. The van der Waals surface area contributed by atoms with Gasteiger partial charge in [0, 0.05) is 38.7 Å². The number of ether oxygens (including phenoxy) is 1. The van der Waals surface area contributed by atoms with Crippen LogP contribution in [0.25, 0.3) is 0 Å². The van der Waals surface area contributed by atoms with E-state index < -0.39 is 0 Å². The molecule has 1 saturated heterocycles. The fraction of sp³-hybridized carbons (Fsp3) is 0.583. The van der Waals surface area contributed by atoms with Gasteiger partial charge in [0.1, 0.15) is 5.82 Å². The van der Waals surface area contributed by atoms with Gasteiger partial charge in [-0.15, -0.1) is 0 Å². The summed E-state index contributed by atoms with van der Waals surface area (Å²) in [5, 5.41) is 3.42. The molecule has 2 unspecified atom stereocenters. The molecule has 0 saturated carbocycles. The van der Waals surface area contributed by atoms with Gasteiger partial charge in [0.05, 0.1) is 12.1 Å². The summed E-state index contributed by atoms with van der Waals surface area (Å²) >= 11 is 0. The molecule has 0 bridgehead atoms. The number of hydrogen-bond acceptors (Lipinski definition) is 4. The van der Waals surface area contributed by atoms with Crippen LogP contribution in [0.15, 0.2) is 18.3 Å². The summed E-state index contributed by atoms with van der Waals surface area (Å²) in [5.74, 6) is 0.925. The fourth-order valence-electron chi connectivity index (χ4n) is 1.89. The van der Waals surface area contributed by atoms with Gasteiger partial charge in [-0.05, 0) is 19.4 Å². The predicted molar refractivity (Wildman–Crippen MR) is 66.0 cm³/mol. The van der Waals surface area contributed by atoms with Crippen LogP contribution in [0.5, 0.6) is 0 Å². The standard InChI is InChI=1S/C12H19N3O/c1-9-11(5-7-16-9)14-12-8-10(15(2)3)4-6-13-12/h4,6,8-9,11H,5,7H2,1-3H3,(H,13,14). The molecule has 0 radical (unpaired) electrons. The normalized spacial score (nSPS) is 24.4. The van der Waals surface area contributed by atoms with Crippen LogP contribution in [0.4, 0.5) is 11.5 Å². The van der Waals surface area contributed by atoms with Crippen LogP contribution >= 0.6 is 0 Å². The molecule has 88 valence electrons. The van der Waals surface area contributed by atoms with Crippen LogP contribution in [0.1, 0.15) is 13.3 Å². The minimum Gasteiger partial charge on any atom is -0.378 e. The lowest BCUT2D eigenvalue weighted by atomic mass is 10.1. The molecule has 1 aliphatic heterocycles. The lowest BCUT2D eigenvalue weighted by molar-refractivity contribution is 0.121. The van der Waals surface area contributed by atoms with Crippen LogP contribution in [-0.2, 0) is 4.74 Å². The van der Waals surface area contributed by atoms with Gasteiger partial charge in [-0.25, -0.2) is 4.98 Å². The van der Waals surface area contributed by atoms with Crippen LogP contribution in [-0.4, -0.2) is 37.8 Å². The Bertz CT molecular complexity index is 354. The number of rotatable bonds is 3. The van der Waals surface area contributed by atoms with Gasteiger partial charge in [0.25, 0.3) is 0 Å². The van der Waals surface area contributed by atoms with Crippen LogP contribution in [0.2, 0.25) is 0 Å². The third-order valence-electron chi connectivity index (χ3n) is 2.97. The Morgan fingerprint density at radius 3 is 2.94 bits per heavy atom. The van der Waals surface area contributed by atoms with Crippen molar-refractivity contribution in [2.24, 2.45) is 0 Å². The zero-order valence-electron chi connectivity index (χ0n) is 10.1. The Hall–Kier alpha value is -1.29. The van der Waals surface area contributed by atoms with Crippen molar-refractivity contribution >= 4 is 11.5 Å². The molecule has 0 amide bonds. The maximum atomic E-state index is 5.51. The Kier molecular flexibility index (Phi) is 3.29. The number of hydrogen-bond donors (Lipinski definition) is 1. The highest BCUT2D eigenvalue weighted by molar-refractivity contribution is 5.53. The van der Waals surface area contributed by atoms with Gasteiger partial charge in [-0.2, -0.15) is 0 Å². The van der Waals surface area contributed by atoms with Crippen molar-refractivity contribution in [2.45, 2.75) is 25.5 Å². The summed E-state index contributed by atoms with van der Waals surface area (Å²) in [7, 11) is 4.06. The van der Waals surface area contributed by atoms with Crippen LogP contribution in [0, 0.1) is 0 Å². The van der Waals surface area contributed by atoms with E-state index in [0.717, 1.165) is 24.5 Å². The zero-order valence-corrected chi connectivity index (χ0v) is 10.1. The molecule has 1 fully saturated rings. The molecule has 1 N–H and O–H groups in total. The van der Waals surface area contributed by atoms with Gasteiger partial charge in [-0.3, -0.25) is 0 Å². The molecule has 1 aliphatic rings. The molecular formula is C12H19N3O. The molecular weight excluding hydrogens is 202 g/mol.